The van der Waals surface area contributed by atoms with Gasteiger partial charge in [-0.15, -0.1) is 0 Å². The summed E-state index contributed by atoms with van der Waals surface area (Å²) in [5, 5.41) is 0. The molecule has 0 saturated heterocycles. The van der Waals surface area contributed by atoms with Gasteiger partial charge in [0.25, 0.3) is 0 Å². The molecule has 0 saturated carbocycles. The Morgan fingerprint density at radius 1 is 1.07 bits per heavy atom. The van der Waals surface area contributed by atoms with Gasteiger partial charge in [-0.05, 0) is 60.5 Å². The number of Topliss-reactive ketones (excluding diaryl/α,β-unsaturated/α-hetero) is 1. The molecule has 0 aliphatic rings. The molecule has 2 aromatic carbocycles. The largest absolute Gasteiger partial charge is 0.494 e. The summed E-state index contributed by atoms with van der Waals surface area (Å²) < 4.78 is 11.6. The Kier molecular flexibility index (Phi) is 5.99. The number of carbonyl (C=O) groups is 1. The molecule has 0 aliphatic carbocycles. The topological polar surface area (TPSA) is 65.2 Å². The maximum absolute atomic E-state index is 13.4. The molecule has 0 radical (unpaired) electrons. The zero-order chi connectivity index (χ0) is 20.8. The van der Waals surface area contributed by atoms with Crippen LogP contribution in [-0.2, 0) is 0 Å². The summed E-state index contributed by atoms with van der Waals surface area (Å²) in [6.07, 6.45) is 7.21. The van der Waals surface area contributed by atoms with E-state index in [1.165, 1.54) is 0 Å². The lowest BCUT2D eigenvalue weighted by atomic mass is 10.0. The molecule has 0 bridgehead atoms. The van der Waals surface area contributed by atoms with Gasteiger partial charge in [-0.3, -0.25) is 9.78 Å². The number of fused-ring (bicyclic) bond motifs is 1. The van der Waals surface area contributed by atoms with E-state index in [9.17, 15) is 4.79 Å². The molecule has 30 heavy (non-hydrogen) atoms. The molecule has 0 atom stereocenters. The van der Waals surface area contributed by atoms with Gasteiger partial charge in [0.05, 0.1) is 12.2 Å². The highest BCUT2D eigenvalue weighted by molar-refractivity contribution is 6.31. The van der Waals surface area contributed by atoms with Crippen LogP contribution in [-0.4, -0.2) is 22.4 Å². The van der Waals surface area contributed by atoms with Crippen molar-refractivity contribution in [2.75, 3.05) is 6.61 Å². The number of benzene rings is 2. The van der Waals surface area contributed by atoms with Gasteiger partial charge in [0.15, 0.2) is 11.4 Å². The fourth-order valence-electron chi connectivity index (χ4n) is 3.03. The molecule has 2 heterocycles. The van der Waals surface area contributed by atoms with E-state index in [4.69, 9.17) is 9.15 Å². The molecule has 0 spiro atoms. The average Bonchev–Trinajstić information content (AvgIpc) is 3.22. The van der Waals surface area contributed by atoms with Crippen molar-refractivity contribution in [2.24, 2.45) is 0 Å². The highest BCUT2D eigenvalue weighted by Crippen LogP contribution is 2.26. The summed E-state index contributed by atoms with van der Waals surface area (Å²) in [7, 11) is 0. The van der Waals surface area contributed by atoms with E-state index in [-0.39, 0.29) is 11.7 Å². The minimum absolute atomic E-state index is 0.175. The molecule has 150 valence electrons. The minimum Gasteiger partial charge on any atom is -0.494 e. The highest BCUT2D eigenvalue weighted by atomic mass is 16.5. The van der Waals surface area contributed by atoms with E-state index in [1.807, 2.05) is 48.5 Å². The van der Waals surface area contributed by atoms with Gasteiger partial charge in [-0.1, -0.05) is 31.5 Å². The number of oxazole rings is 1. The number of hydrogen-bond acceptors (Lipinski definition) is 5. The number of allylic oxidation sites excluding steroid dienone is 1. The van der Waals surface area contributed by atoms with Gasteiger partial charge in [-0.2, -0.15) is 0 Å². The number of carbonyl (C=O) groups excluding carboxylic acids is 1. The minimum atomic E-state index is -0.175. The number of ketones is 1. The predicted octanol–water partition coefficient (Wildman–Crippen LogP) is 5.83. The fourth-order valence-corrected chi connectivity index (χ4v) is 3.03. The summed E-state index contributed by atoms with van der Waals surface area (Å²) in [4.78, 5) is 22.0. The number of aromatic nitrogens is 2. The smallest absolute Gasteiger partial charge is 0.231 e. The van der Waals surface area contributed by atoms with Crippen molar-refractivity contribution in [1.82, 2.24) is 9.97 Å². The summed E-state index contributed by atoms with van der Waals surface area (Å²) in [6.45, 7) is 2.78. The monoisotopic (exact) mass is 398 g/mol. The van der Waals surface area contributed by atoms with Crippen molar-refractivity contribution in [2.45, 2.75) is 19.8 Å². The first-order valence-electron chi connectivity index (χ1n) is 10.00. The zero-order valence-electron chi connectivity index (χ0n) is 16.7. The first-order valence-corrected chi connectivity index (χ1v) is 10.00. The molecule has 5 heteroatoms. The highest BCUT2D eigenvalue weighted by Gasteiger charge is 2.20. The molecule has 2 aromatic heterocycles. The van der Waals surface area contributed by atoms with Gasteiger partial charge in [0, 0.05) is 18.0 Å². The van der Waals surface area contributed by atoms with E-state index < -0.39 is 0 Å². The molecular formula is C25H22N2O3. The van der Waals surface area contributed by atoms with Gasteiger partial charge in [-0.25, -0.2) is 4.98 Å². The van der Waals surface area contributed by atoms with Gasteiger partial charge >= 0.3 is 0 Å². The quantitative estimate of drug-likeness (QED) is 0.212. The van der Waals surface area contributed by atoms with E-state index in [2.05, 4.69) is 16.9 Å². The van der Waals surface area contributed by atoms with Crippen molar-refractivity contribution in [1.29, 1.82) is 0 Å². The Morgan fingerprint density at radius 2 is 1.90 bits per heavy atom. The Hall–Kier alpha value is -3.73. The second-order valence-electron chi connectivity index (χ2n) is 6.89. The van der Waals surface area contributed by atoms with Crippen LogP contribution < -0.4 is 4.74 Å². The molecule has 0 unspecified atom stereocenters. The number of ether oxygens (including phenoxy) is 1. The fraction of sp³-hybridized carbons (Fsp3) is 0.160. The average molecular weight is 398 g/mol. The number of unbranched alkanes of at least 4 members (excludes halogenated alkanes) is 1. The number of rotatable bonds is 8. The molecular weight excluding hydrogens is 376 g/mol. The SMILES string of the molecule is CCCCOc1ccc(C(=O)C(=Cc2cccnc2)c2nc3ccccc3o2)cc1. The van der Waals surface area contributed by atoms with Crippen LogP contribution in [0.5, 0.6) is 5.75 Å². The third-order valence-corrected chi connectivity index (χ3v) is 4.65. The molecule has 4 aromatic rings. The Balaban J connectivity index is 1.68. The number of nitrogens with zero attached hydrogens (tertiary/aromatic N) is 2. The number of pyridine rings is 1. The lowest BCUT2D eigenvalue weighted by Gasteiger charge is -2.07. The zero-order valence-corrected chi connectivity index (χ0v) is 16.7. The normalized spacial score (nSPS) is 11.6. The van der Waals surface area contributed by atoms with Crippen LogP contribution in [0.25, 0.3) is 22.7 Å². The molecule has 0 aliphatic heterocycles. The Bertz CT molecular complexity index is 1130. The van der Waals surface area contributed by atoms with Crippen molar-refractivity contribution in [3.05, 3.63) is 90.1 Å². The molecule has 0 fully saturated rings. The summed E-state index contributed by atoms with van der Waals surface area (Å²) >= 11 is 0. The van der Waals surface area contributed by atoms with E-state index >= 15 is 0 Å². The van der Waals surface area contributed by atoms with Crippen molar-refractivity contribution < 1.29 is 13.9 Å². The lowest BCUT2D eigenvalue weighted by molar-refractivity contribution is 0.105. The van der Waals surface area contributed by atoms with E-state index in [0.717, 1.165) is 24.2 Å². The molecule has 4 rings (SSSR count). The van der Waals surface area contributed by atoms with E-state index in [1.54, 1.807) is 30.6 Å². The van der Waals surface area contributed by atoms with Crippen LogP contribution in [0.4, 0.5) is 0 Å². The van der Waals surface area contributed by atoms with Gasteiger partial charge < -0.3 is 9.15 Å². The number of hydrogen-bond donors (Lipinski definition) is 0. The maximum atomic E-state index is 13.4. The first-order chi connectivity index (χ1) is 14.7. The third kappa shape index (κ3) is 4.46. The van der Waals surface area contributed by atoms with E-state index in [0.29, 0.717) is 28.8 Å². The molecule has 5 nitrogen and oxygen atoms in total. The maximum Gasteiger partial charge on any atom is 0.231 e. The van der Waals surface area contributed by atoms with Crippen LogP contribution in [0.3, 0.4) is 0 Å². The summed E-state index contributed by atoms with van der Waals surface area (Å²) in [5.74, 6) is 0.860. The van der Waals surface area contributed by atoms with Crippen molar-refractivity contribution in [3.8, 4) is 5.75 Å². The van der Waals surface area contributed by atoms with Crippen molar-refractivity contribution in [3.63, 3.8) is 0 Å². The van der Waals surface area contributed by atoms with Gasteiger partial charge in [0.1, 0.15) is 11.3 Å². The molecule has 0 amide bonds. The predicted molar refractivity (Wildman–Crippen MR) is 117 cm³/mol. The number of para-hydroxylation sites is 2. The second-order valence-corrected chi connectivity index (χ2v) is 6.89. The Morgan fingerprint density at radius 3 is 2.63 bits per heavy atom. The van der Waals surface area contributed by atoms with Crippen LogP contribution >= 0.6 is 0 Å². The first kappa shape index (κ1) is 19.6. The van der Waals surface area contributed by atoms with Crippen LogP contribution in [0.2, 0.25) is 0 Å². The van der Waals surface area contributed by atoms with Crippen LogP contribution in [0, 0.1) is 0 Å². The molecule has 0 N–H and O–H groups in total. The van der Waals surface area contributed by atoms with Crippen LogP contribution in [0.1, 0.15) is 41.6 Å². The third-order valence-electron chi connectivity index (χ3n) is 4.65. The summed E-state index contributed by atoms with van der Waals surface area (Å²) in [5.41, 5.74) is 3.05. The second kappa shape index (κ2) is 9.18. The standard InChI is InChI=1S/C25H22N2O3/c1-2-3-15-29-20-12-10-19(11-13-20)24(28)21(16-18-7-6-14-26-17-18)25-27-22-8-4-5-9-23(22)30-25/h4-14,16-17H,2-3,15H2,1H3. The van der Waals surface area contributed by atoms with Crippen LogP contribution in [0.15, 0.2) is 77.5 Å². The lowest BCUT2D eigenvalue weighted by Crippen LogP contribution is -2.04. The Labute approximate surface area is 175 Å². The van der Waals surface area contributed by atoms with Crippen molar-refractivity contribution >= 4 is 28.5 Å². The summed E-state index contributed by atoms with van der Waals surface area (Å²) in [6, 6.07) is 18.3. The van der Waals surface area contributed by atoms with Gasteiger partial charge in [0.2, 0.25) is 5.89 Å².